The van der Waals surface area contributed by atoms with E-state index in [4.69, 9.17) is 0 Å². The van der Waals surface area contributed by atoms with Crippen molar-refractivity contribution in [3.63, 3.8) is 0 Å². The Kier molecular flexibility index (Phi) is 3.55. The van der Waals surface area contributed by atoms with Crippen LogP contribution in [0.4, 0.5) is 14.5 Å². The second kappa shape index (κ2) is 5.33. The van der Waals surface area contributed by atoms with E-state index in [1.807, 2.05) is 12.1 Å². The monoisotopic (exact) mass is 268 g/mol. The summed E-state index contributed by atoms with van der Waals surface area (Å²) in [5, 5.41) is 3.55. The highest BCUT2D eigenvalue weighted by Gasteiger charge is 2.33. The maximum atomic E-state index is 12.1. The lowest BCUT2D eigenvalue weighted by Gasteiger charge is -2.35. The molecule has 1 aliphatic carbocycles. The molecule has 0 bridgehead atoms. The molecule has 3 rings (SSSR count). The topological polar surface area (TPSA) is 24.5 Å². The van der Waals surface area contributed by atoms with Gasteiger partial charge in [0.05, 0.1) is 0 Å². The largest absolute Gasteiger partial charge is 0.435 e. The molecule has 2 fully saturated rings. The third kappa shape index (κ3) is 3.15. The van der Waals surface area contributed by atoms with E-state index in [0.29, 0.717) is 6.04 Å². The summed E-state index contributed by atoms with van der Waals surface area (Å²) in [6, 6.07) is 7.50. The van der Waals surface area contributed by atoms with Crippen molar-refractivity contribution >= 4 is 5.69 Å². The van der Waals surface area contributed by atoms with E-state index in [2.05, 4.69) is 15.0 Å². The maximum absolute atomic E-state index is 12.1. The van der Waals surface area contributed by atoms with Crippen molar-refractivity contribution in [3.05, 3.63) is 24.3 Å². The number of halogens is 2. The van der Waals surface area contributed by atoms with Gasteiger partial charge >= 0.3 is 6.61 Å². The van der Waals surface area contributed by atoms with Crippen LogP contribution in [0.3, 0.4) is 0 Å². The van der Waals surface area contributed by atoms with Crippen molar-refractivity contribution < 1.29 is 13.5 Å². The molecular formula is C14H18F2N2O. The molecule has 1 aromatic rings. The van der Waals surface area contributed by atoms with E-state index in [1.54, 1.807) is 12.1 Å². The molecule has 1 aromatic carbocycles. The van der Waals surface area contributed by atoms with E-state index in [1.165, 1.54) is 12.8 Å². The fourth-order valence-corrected chi connectivity index (χ4v) is 2.67. The normalized spacial score (nSPS) is 23.7. The molecule has 1 aliphatic heterocycles. The Morgan fingerprint density at radius 3 is 2.58 bits per heavy atom. The standard InChI is InChI=1S/C14H18F2N2O/c15-14(16)19-12-5-3-11(4-6-12)18-8-7-17-13(9-18)10-1-2-10/h3-6,10,13-14,17H,1-2,7-9H2. The number of anilines is 1. The Balaban J connectivity index is 1.64. The molecule has 0 amide bonds. The number of hydrogen-bond acceptors (Lipinski definition) is 3. The molecule has 104 valence electrons. The van der Waals surface area contributed by atoms with Gasteiger partial charge in [0.1, 0.15) is 5.75 Å². The van der Waals surface area contributed by atoms with Crippen LogP contribution in [0.2, 0.25) is 0 Å². The first-order valence-corrected chi connectivity index (χ1v) is 6.75. The van der Waals surface area contributed by atoms with Crippen molar-refractivity contribution in [1.82, 2.24) is 5.32 Å². The zero-order valence-corrected chi connectivity index (χ0v) is 10.7. The summed E-state index contributed by atoms with van der Waals surface area (Å²) in [6.07, 6.45) is 2.65. The van der Waals surface area contributed by atoms with Gasteiger partial charge in [-0.3, -0.25) is 0 Å². The van der Waals surface area contributed by atoms with Crippen molar-refractivity contribution in [2.45, 2.75) is 25.5 Å². The summed E-state index contributed by atoms with van der Waals surface area (Å²) in [5.41, 5.74) is 1.08. The second-order valence-electron chi connectivity index (χ2n) is 5.22. The lowest BCUT2D eigenvalue weighted by molar-refractivity contribution is -0.0498. The molecule has 1 N–H and O–H groups in total. The fraction of sp³-hybridized carbons (Fsp3) is 0.571. The first-order valence-electron chi connectivity index (χ1n) is 6.75. The third-order valence-corrected chi connectivity index (χ3v) is 3.82. The fourth-order valence-electron chi connectivity index (χ4n) is 2.67. The first-order chi connectivity index (χ1) is 9.22. The number of nitrogens with zero attached hydrogens (tertiary/aromatic N) is 1. The Morgan fingerprint density at radius 1 is 1.21 bits per heavy atom. The van der Waals surface area contributed by atoms with Gasteiger partial charge in [0.15, 0.2) is 0 Å². The number of piperazine rings is 1. The minimum absolute atomic E-state index is 0.215. The molecule has 0 aromatic heterocycles. The predicted octanol–water partition coefficient (Wildman–Crippen LogP) is 2.48. The van der Waals surface area contributed by atoms with Gasteiger partial charge in [-0.25, -0.2) is 0 Å². The average Bonchev–Trinajstić information content (AvgIpc) is 3.23. The quantitative estimate of drug-likeness (QED) is 0.908. The summed E-state index contributed by atoms with van der Waals surface area (Å²) in [6.45, 7) is 0.179. The molecule has 5 heteroatoms. The van der Waals surface area contributed by atoms with Crippen LogP contribution in [0, 0.1) is 5.92 Å². The van der Waals surface area contributed by atoms with E-state index in [9.17, 15) is 8.78 Å². The van der Waals surface area contributed by atoms with Gasteiger partial charge < -0.3 is 15.0 Å². The predicted molar refractivity (Wildman–Crippen MR) is 69.8 cm³/mol. The van der Waals surface area contributed by atoms with Crippen LogP contribution < -0.4 is 15.0 Å². The minimum atomic E-state index is -2.76. The highest BCUT2D eigenvalue weighted by Crippen LogP contribution is 2.34. The number of alkyl halides is 2. The van der Waals surface area contributed by atoms with Gasteiger partial charge in [-0.1, -0.05) is 0 Å². The number of benzene rings is 1. The molecule has 0 spiro atoms. The SMILES string of the molecule is FC(F)Oc1ccc(N2CCNC(C3CC3)C2)cc1. The van der Waals surface area contributed by atoms with Gasteiger partial charge in [-0.2, -0.15) is 8.78 Å². The van der Waals surface area contributed by atoms with Crippen LogP contribution in [0.5, 0.6) is 5.75 Å². The number of nitrogens with one attached hydrogen (secondary N) is 1. The average molecular weight is 268 g/mol. The van der Waals surface area contributed by atoms with Gasteiger partial charge in [-0.15, -0.1) is 0 Å². The molecule has 2 aliphatic rings. The summed E-state index contributed by atoms with van der Waals surface area (Å²) in [7, 11) is 0. The minimum Gasteiger partial charge on any atom is -0.435 e. The van der Waals surface area contributed by atoms with E-state index < -0.39 is 6.61 Å². The van der Waals surface area contributed by atoms with Crippen LogP contribution in [-0.2, 0) is 0 Å². The Bertz CT molecular complexity index is 420. The number of ether oxygens (including phenoxy) is 1. The van der Waals surface area contributed by atoms with Crippen LogP contribution in [0.25, 0.3) is 0 Å². The third-order valence-electron chi connectivity index (χ3n) is 3.82. The van der Waals surface area contributed by atoms with Crippen molar-refractivity contribution in [3.8, 4) is 5.75 Å². The highest BCUT2D eigenvalue weighted by molar-refractivity contribution is 5.49. The molecule has 19 heavy (non-hydrogen) atoms. The van der Waals surface area contributed by atoms with Crippen molar-refractivity contribution in [2.24, 2.45) is 5.92 Å². The molecule has 3 nitrogen and oxygen atoms in total. The smallest absolute Gasteiger partial charge is 0.387 e. The maximum Gasteiger partial charge on any atom is 0.387 e. The van der Waals surface area contributed by atoms with Crippen LogP contribution in [0.15, 0.2) is 24.3 Å². The van der Waals surface area contributed by atoms with Crippen LogP contribution in [0.1, 0.15) is 12.8 Å². The lowest BCUT2D eigenvalue weighted by Crippen LogP contribution is -2.51. The molecule has 1 atom stereocenters. The lowest BCUT2D eigenvalue weighted by atomic mass is 10.1. The van der Waals surface area contributed by atoms with Gasteiger partial charge in [0, 0.05) is 31.4 Å². The first kappa shape index (κ1) is 12.7. The zero-order chi connectivity index (χ0) is 13.2. The van der Waals surface area contributed by atoms with E-state index in [0.717, 1.165) is 31.2 Å². The van der Waals surface area contributed by atoms with E-state index in [-0.39, 0.29) is 5.75 Å². The molecule has 1 saturated carbocycles. The zero-order valence-electron chi connectivity index (χ0n) is 10.7. The van der Waals surface area contributed by atoms with Crippen LogP contribution >= 0.6 is 0 Å². The highest BCUT2D eigenvalue weighted by atomic mass is 19.3. The summed E-state index contributed by atoms with van der Waals surface area (Å²) in [4.78, 5) is 2.31. The van der Waals surface area contributed by atoms with Crippen molar-refractivity contribution in [1.29, 1.82) is 0 Å². The number of rotatable bonds is 4. The Hall–Kier alpha value is -1.36. The number of hydrogen-bond donors (Lipinski definition) is 1. The summed E-state index contributed by atoms with van der Waals surface area (Å²) >= 11 is 0. The van der Waals surface area contributed by atoms with E-state index >= 15 is 0 Å². The van der Waals surface area contributed by atoms with Crippen LogP contribution in [-0.4, -0.2) is 32.3 Å². The molecular weight excluding hydrogens is 250 g/mol. The molecule has 1 saturated heterocycles. The molecule has 0 radical (unpaired) electrons. The van der Waals surface area contributed by atoms with Gasteiger partial charge in [-0.05, 0) is 43.0 Å². The van der Waals surface area contributed by atoms with Gasteiger partial charge in [0.2, 0.25) is 0 Å². The molecule has 1 unspecified atom stereocenters. The molecule has 1 heterocycles. The Labute approximate surface area is 111 Å². The summed E-state index contributed by atoms with van der Waals surface area (Å²) < 4.78 is 28.5. The van der Waals surface area contributed by atoms with Gasteiger partial charge in [0.25, 0.3) is 0 Å². The van der Waals surface area contributed by atoms with Crippen molar-refractivity contribution in [2.75, 3.05) is 24.5 Å². The summed E-state index contributed by atoms with van der Waals surface area (Å²) in [5.74, 6) is 1.04. The second-order valence-corrected chi connectivity index (χ2v) is 5.22. The Morgan fingerprint density at radius 2 is 1.95 bits per heavy atom.